The van der Waals surface area contributed by atoms with Crippen molar-refractivity contribution < 1.29 is 9.53 Å². The van der Waals surface area contributed by atoms with Gasteiger partial charge in [0.2, 0.25) is 0 Å². The number of hydrogen-bond donors (Lipinski definition) is 0. The van der Waals surface area contributed by atoms with Crippen molar-refractivity contribution in [1.82, 2.24) is 4.57 Å². The van der Waals surface area contributed by atoms with Crippen molar-refractivity contribution in [3.8, 4) is 0 Å². The quantitative estimate of drug-likeness (QED) is 0.529. The molecule has 2 aromatic carbocycles. The van der Waals surface area contributed by atoms with E-state index in [1.54, 1.807) is 11.5 Å². The predicted molar refractivity (Wildman–Crippen MR) is 132 cm³/mol. The lowest BCUT2D eigenvalue weighted by Gasteiger charge is -2.24. The van der Waals surface area contributed by atoms with Crippen molar-refractivity contribution in [2.45, 2.75) is 26.8 Å². The number of benzene rings is 2. The molecule has 6 nitrogen and oxygen atoms in total. The summed E-state index contributed by atoms with van der Waals surface area (Å²) >= 11 is 1.33. The molecule has 0 radical (unpaired) electrons. The summed E-state index contributed by atoms with van der Waals surface area (Å²) in [7, 11) is 1.34. The molecule has 0 saturated carbocycles. The van der Waals surface area contributed by atoms with Gasteiger partial charge in [0.15, 0.2) is 4.80 Å². The lowest BCUT2D eigenvalue weighted by atomic mass is 9.96. The number of hydrogen-bond acceptors (Lipinski definition) is 6. The fraction of sp³-hybridized carbons (Fsp3) is 0.269. The molecule has 0 saturated heterocycles. The van der Waals surface area contributed by atoms with Crippen LogP contribution in [0.3, 0.4) is 0 Å². The molecule has 0 amide bonds. The number of esters is 1. The van der Waals surface area contributed by atoms with Gasteiger partial charge in [-0.25, -0.2) is 9.79 Å². The first kappa shape index (κ1) is 22.7. The van der Waals surface area contributed by atoms with Gasteiger partial charge in [0.25, 0.3) is 5.56 Å². The number of thiazole rings is 1. The fourth-order valence-electron chi connectivity index (χ4n) is 4.16. The molecule has 33 heavy (non-hydrogen) atoms. The van der Waals surface area contributed by atoms with Gasteiger partial charge < -0.3 is 9.64 Å². The Morgan fingerprint density at radius 2 is 1.79 bits per heavy atom. The summed E-state index contributed by atoms with van der Waals surface area (Å²) in [4.78, 5) is 33.6. The molecule has 1 aliphatic heterocycles. The third kappa shape index (κ3) is 4.28. The summed E-state index contributed by atoms with van der Waals surface area (Å²) in [6.07, 6.45) is 1.88. The number of anilines is 1. The zero-order chi connectivity index (χ0) is 23.5. The third-order valence-corrected chi connectivity index (χ3v) is 6.84. The Hall–Kier alpha value is -3.45. The van der Waals surface area contributed by atoms with E-state index in [2.05, 4.69) is 35.9 Å². The average molecular weight is 462 g/mol. The monoisotopic (exact) mass is 461 g/mol. The second-order valence-electron chi connectivity index (χ2n) is 7.75. The molecule has 1 aliphatic rings. The second kappa shape index (κ2) is 9.58. The molecule has 3 aromatic rings. The highest BCUT2D eigenvalue weighted by Crippen LogP contribution is 2.30. The number of fused-ring (bicyclic) bond motifs is 1. The van der Waals surface area contributed by atoms with E-state index >= 15 is 0 Å². The lowest BCUT2D eigenvalue weighted by molar-refractivity contribution is -0.136. The molecule has 2 heterocycles. The number of ether oxygens (including phenoxy) is 1. The Bertz CT molecular complexity index is 1360. The highest BCUT2D eigenvalue weighted by Gasteiger charge is 2.32. The Morgan fingerprint density at radius 3 is 2.39 bits per heavy atom. The topological polar surface area (TPSA) is 63.9 Å². The Labute approximate surface area is 196 Å². The number of carbonyl (C=O) groups is 1. The summed E-state index contributed by atoms with van der Waals surface area (Å²) < 4.78 is 7.22. The van der Waals surface area contributed by atoms with Crippen molar-refractivity contribution in [3.63, 3.8) is 0 Å². The summed E-state index contributed by atoms with van der Waals surface area (Å²) in [5.74, 6) is -0.480. The van der Waals surface area contributed by atoms with Gasteiger partial charge in [0.1, 0.15) is 0 Å². The summed E-state index contributed by atoms with van der Waals surface area (Å²) in [5.41, 5.74) is 3.70. The van der Waals surface area contributed by atoms with Crippen LogP contribution in [0.5, 0.6) is 0 Å². The maximum Gasteiger partial charge on any atom is 0.338 e. The summed E-state index contributed by atoms with van der Waals surface area (Å²) in [6, 6.07) is 17.1. The first-order valence-corrected chi connectivity index (χ1v) is 11.8. The summed E-state index contributed by atoms with van der Waals surface area (Å²) in [5, 5.41) is 0. The molecule has 0 unspecified atom stereocenters. The molecule has 4 rings (SSSR count). The maximum absolute atomic E-state index is 13.5. The van der Waals surface area contributed by atoms with E-state index in [0.717, 1.165) is 29.9 Å². The SMILES string of the molecule is CCN(CC)c1ccc(/C=c2\sc3n(c2=O)[C@@H](c2ccccc2)C(C(=O)OC)=C(C)N=3)cc1. The van der Waals surface area contributed by atoms with Gasteiger partial charge in [0.05, 0.1) is 29.0 Å². The predicted octanol–water partition coefficient (Wildman–Crippen LogP) is 3.25. The van der Waals surface area contributed by atoms with Crippen LogP contribution >= 0.6 is 11.3 Å². The highest BCUT2D eigenvalue weighted by molar-refractivity contribution is 7.07. The molecule has 0 fully saturated rings. The first-order chi connectivity index (χ1) is 16.0. The lowest BCUT2D eigenvalue weighted by Crippen LogP contribution is -2.39. The molecule has 1 aromatic heterocycles. The van der Waals surface area contributed by atoms with Crippen LogP contribution in [0, 0.1) is 0 Å². The first-order valence-electron chi connectivity index (χ1n) is 11.0. The van der Waals surface area contributed by atoms with Gasteiger partial charge in [-0.15, -0.1) is 0 Å². The van der Waals surface area contributed by atoms with Crippen LogP contribution in [0.2, 0.25) is 0 Å². The molecule has 0 spiro atoms. The van der Waals surface area contributed by atoms with E-state index < -0.39 is 12.0 Å². The summed E-state index contributed by atoms with van der Waals surface area (Å²) in [6.45, 7) is 7.93. The number of methoxy groups -OCH3 is 1. The normalized spacial score (nSPS) is 15.8. The number of carbonyl (C=O) groups excluding carboxylic acids is 1. The van der Waals surface area contributed by atoms with Crippen molar-refractivity contribution in [1.29, 1.82) is 0 Å². The zero-order valence-electron chi connectivity index (χ0n) is 19.2. The molecular formula is C26H27N3O3S. The average Bonchev–Trinajstić information content (AvgIpc) is 3.14. The highest BCUT2D eigenvalue weighted by atomic mass is 32.1. The van der Waals surface area contributed by atoms with Gasteiger partial charge >= 0.3 is 5.97 Å². The minimum atomic E-state index is -0.581. The largest absolute Gasteiger partial charge is 0.466 e. The van der Waals surface area contributed by atoms with E-state index in [1.807, 2.05) is 48.5 Å². The molecule has 1 atom stereocenters. The van der Waals surface area contributed by atoms with Crippen LogP contribution in [0.4, 0.5) is 5.69 Å². The fourth-order valence-corrected chi connectivity index (χ4v) is 5.21. The van der Waals surface area contributed by atoms with E-state index in [0.29, 0.717) is 20.6 Å². The minimum Gasteiger partial charge on any atom is -0.466 e. The zero-order valence-corrected chi connectivity index (χ0v) is 20.1. The smallest absolute Gasteiger partial charge is 0.338 e. The van der Waals surface area contributed by atoms with Crippen LogP contribution in [-0.2, 0) is 9.53 Å². The molecule has 0 aliphatic carbocycles. The van der Waals surface area contributed by atoms with Crippen molar-refractivity contribution in [2.75, 3.05) is 25.1 Å². The van der Waals surface area contributed by atoms with Crippen LogP contribution in [0.15, 0.2) is 75.7 Å². The van der Waals surface area contributed by atoms with Gasteiger partial charge in [0, 0.05) is 18.8 Å². The van der Waals surface area contributed by atoms with E-state index in [-0.39, 0.29) is 5.56 Å². The Morgan fingerprint density at radius 1 is 1.12 bits per heavy atom. The van der Waals surface area contributed by atoms with Crippen LogP contribution < -0.4 is 19.8 Å². The van der Waals surface area contributed by atoms with Crippen molar-refractivity contribution >= 4 is 29.1 Å². The van der Waals surface area contributed by atoms with Crippen LogP contribution in [0.25, 0.3) is 6.08 Å². The molecule has 170 valence electrons. The van der Waals surface area contributed by atoms with Crippen molar-refractivity contribution in [3.05, 3.63) is 96.7 Å². The standard InChI is InChI=1S/C26H27N3O3S/c1-5-28(6-2)20-14-12-18(13-15-20)16-21-24(30)29-23(19-10-8-7-9-11-19)22(25(31)32-4)17(3)27-26(29)33-21/h7-16,23H,5-6H2,1-4H3/b21-16-/t23-/m0/s1. The van der Waals surface area contributed by atoms with Gasteiger partial charge in [-0.05, 0) is 50.1 Å². The molecule has 0 N–H and O–H groups in total. The van der Waals surface area contributed by atoms with Crippen LogP contribution in [-0.4, -0.2) is 30.7 Å². The molecular weight excluding hydrogens is 434 g/mol. The number of aromatic nitrogens is 1. The van der Waals surface area contributed by atoms with Crippen molar-refractivity contribution in [2.24, 2.45) is 4.99 Å². The maximum atomic E-state index is 13.5. The van der Waals surface area contributed by atoms with E-state index in [1.165, 1.54) is 18.4 Å². The van der Waals surface area contributed by atoms with Crippen LogP contribution in [0.1, 0.15) is 37.9 Å². The second-order valence-corrected chi connectivity index (χ2v) is 8.76. The molecule has 0 bridgehead atoms. The van der Waals surface area contributed by atoms with Gasteiger partial charge in [-0.2, -0.15) is 0 Å². The number of allylic oxidation sites excluding steroid dienone is 1. The van der Waals surface area contributed by atoms with E-state index in [4.69, 9.17) is 4.74 Å². The number of rotatable bonds is 6. The Kier molecular flexibility index (Phi) is 6.60. The third-order valence-electron chi connectivity index (χ3n) is 5.86. The van der Waals surface area contributed by atoms with E-state index in [9.17, 15) is 9.59 Å². The Balaban J connectivity index is 1.85. The minimum absolute atomic E-state index is 0.172. The number of nitrogens with zero attached hydrogens (tertiary/aromatic N) is 3. The molecule has 7 heteroatoms. The van der Waals surface area contributed by atoms with Gasteiger partial charge in [-0.3, -0.25) is 9.36 Å². The van der Waals surface area contributed by atoms with Gasteiger partial charge in [-0.1, -0.05) is 53.8 Å².